The van der Waals surface area contributed by atoms with Gasteiger partial charge < -0.3 is 19.4 Å². The summed E-state index contributed by atoms with van der Waals surface area (Å²) in [4.78, 5) is 16.8. The van der Waals surface area contributed by atoms with E-state index in [2.05, 4.69) is 4.98 Å². The lowest BCUT2D eigenvalue weighted by Gasteiger charge is -2.27. The smallest absolute Gasteiger partial charge is 0.410 e. The Kier molecular flexibility index (Phi) is 4.08. The summed E-state index contributed by atoms with van der Waals surface area (Å²) in [6, 6.07) is -1.20. The highest BCUT2D eigenvalue weighted by atomic mass is 19.4. The number of nitrogens with one attached hydrogen (secondary N) is 1. The van der Waals surface area contributed by atoms with E-state index in [4.69, 9.17) is 9.15 Å². The topological polar surface area (TPSA) is 67.6 Å². The van der Waals surface area contributed by atoms with Crippen molar-refractivity contribution in [2.24, 2.45) is 0 Å². The molecule has 1 N–H and O–H groups in total. The third-order valence-electron chi connectivity index (χ3n) is 3.83. The SMILES string of the molecule is COC[C@H](c1cc(F)c2ocnc2c1)N1C[C@@H](C(F)(F)F)NC1=O. The average molecular weight is 347 g/mol. The molecule has 0 saturated carbocycles. The minimum absolute atomic E-state index is 0.0611. The number of oxazole rings is 1. The lowest BCUT2D eigenvalue weighted by molar-refractivity contribution is -0.150. The van der Waals surface area contributed by atoms with Gasteiger partial charge in [-0.15, -0.1) is 0 Å². The predicted octanol–water partition coefficient (Wildman–Crippen LogP) is 2.61. The van der Waals surface area contributed by atoms with Crippen molar-refractivity contribution >= 4 is 17.1 Å². The molecule has 2 aromatic rings. The summed E-state index contributed by atoms with van der Waals surface area (Å²) in [7, 11) is 1.34. The molecule has 24 heavy (non-hydrogen) atoms. The molecule has 2 heterocycles. The van der Waals surface area contributed by atoms with Gasteiger partial charge in [0.1, 0.15) is 11.6 Å². The van der Waals surface area contributed by atoms with Gasteiger partial charge in [0.2, 0.25) is 0 Å². The second-order valence-corrected chi connectivity index (χ2v) is 5.37. The lowest BCUT2D eigenvalue weighted by atomic mass is 10.0. The van der Waals surface area contributed by atoms with Gasteiger partial charge in [-0.3, -0.25) is 0 Å². The number of hydrogen-bond acceptors (Lipinski definition) is 4. The van der Waals surface area contributed by atoms with E-state index in [0.717, 1.165) is 17.4 Å². The van der Waals surface area contributed by atoms with E-state index in [-0.39, 0.29) is 23.3 Å². The number of nitrogens with zero attached hydrogens (tertiary/aromatic N) is 2. The van der Waals surface area contributed by atoms with Crippen LogP contribution in [0.4, 0.5) is 22.4 Å². The van der Waals surface area contributed by atoms with Gasteiger partial charge >= 0.3 is 12.2 Å². The summed E-state index contributed by atoms with van der Waals surface area (Å²) >= 11 is 0. The molecular weight excluding hydrogens is 334 g/mol. The summed E-state index contributed by atoms with van der Waals surface area (Å²) in [5, 5.41) is 1.88. The number of carbonyl (C=O) groups excluding carboxylic acids is 1. The number of amides is 2. The first-order chi connectivity index (χ1) is 11.3. The summed E-state index contributed by atoms with van der Waals surface area (Å²) in [5.41, 5.74) is 0.417. The summed E-state index contributed by atoms with van der Waals surface area (Å²) < 4.78 is 62.5. The fourth-order valence-corrected chi connectivity index (χ4v) is 2.68. The number of aromatic nitrogens is 1. The standard InChI is InChI=1S/C14H13F4N3O3/c1-23-5-10(21-4-11(14(16,17)18)20-13(21)22)7-2-8(15)12-9(3-7)19-6-24-12/h2-3,6,10-11H,4-5H2,1H3,(H,20,22)/t10-,11+/m1/s1. The number of rotatable bonds is 4. The maximum absolute atomic E-state index is 14.1. The van der Waals surface area contributed by atoms with Crippen molar-refractivity contribution in [3.8, 4) is 0 Å². The second-order valence-electron chi connectivity index (χ2n) is 5.37. The van der Waals surface area contributed by atoms with Gasteiger partial charge in [-0.05, 0) is 17.7 Å². The molecule has 0 spiro atoms. The molecule has 0 bridgehead atoms. The first-order valence-electron chi connectivity index (χ1n) is 6.96. The highest BCUT2D eigenvalue weighted by molar-refractivity contribution is 5.78. The van der Waals surface area contributed by atoms with Crippen molar-refractivity contribution in [1.29, 1.82) is 0 Å². The van der Waals surface area contributed by atoms with Gasteiger partial charge in [0.15, 0.2) is 17.8 Å². The van der Waals surface area contributed by atoms with Crippen molar-refractivity contribution in [1.82, 2.24) is 15.2 Å². The van der Waals surface area contributed by atoms with Crippen LogP contribution in [0.25, 0.3) is 11.1 Å². The van der Waals surface area contributed by atoms with Gasteiger partial charge in [0, 0.05) is 7.11 Å². The Labute approximate surface area is 133 Å². The van der Waals surface area contributed by atoms with Gasteiger partial charge in [0.25, 0.3) is 0 Å². The quantitative estimate of drug-likeness (QED) is 0.864. The van der Waals surface area contributed by atoms with Gasteiger partial charge in [-0.2, -0.15) is 13.2 Å². The van der Waals surface area contributed by atoms with Crippen molar-refractivity contribution < 1.29 is 31.5 Å². The molecule has 1 aromatic carbocycles. The van der Waals surface area contributed by atoms with Crippen LogP contribution in [-0.4, -0.2) is 48.4 Å². The molecule has 6 nitrogen and oxygen atoms in total. The molecule has 130 valence electrons. The third-order valence-corrected chi connectivity index (χ3v) is 3.83. The maximum atomic E-state index is 14.1. The number of fused-ring (bicyclic) bond motifs is 1. The van der Waals surface area contributed by atoms with E-state index < -0.39 is 36.7 Å². The van der Waals surface area contributed by atoms with Gasteiger partial charge in [-0.1, -0.05) is 0 Å². The van der Waals surface area contributed by atoms with E-state index >= 15 is 0 Å². The number of methoxy groups -OCH3 is 1. The van der Waals surface area contributed by atoms with E-state index in [1.807, 2.05) is 5.32 Å². The van der Waals surface area contributed by atoms with Crippen LogP contribution in [0.1, 0.15) is 11.6 Å². The molecule has 0 radical (unpaired) electrons. The Morgan fingerprint density at radius 2 is 2.25 bits per heavy atom. The van der Waals surface area contributed by atoms with Crippen molar-refractivity contribution in [3.63, 3.8) is 0 Å². The number of ether oxygens (including phenoxy) is 1. The molecule has 2 amide bonds. The van der Waals surface area contributed by atoms with Crippen LogP contribution in [-0.2, 0) is 4.74 Å². The minimum Gasteiger partial charge on any atom is -0.440 e. The lowest BCUT2D eigenvalue weighted by Crippen LogP contribution is -2.40. The van der Waals surface area contributed by atoms with Crippen LogP contribution in [0.2, 0.25) is 0 Å². The molecule has 1 saturated heterocycles. The van der Waals surface area contributed by atoms with Crippen molar-refractivity contribution in [3.05, 3.63) is 29.9 Å². The minimum atomic E-state index is -4.57. The molecule has 2 atom stereocenters. The van der Waals surface area contributed by atoms with Crippen LogP contribution in [0.3, 0.4) is 0 Å². The number of urea groups is 1. The first-order valence-corrected chi connectivity index (χ1v) is 6.96. The summed E-state index contributed by atoms with van der Waals surface area (Å²) in [6.45, 7) is -0.685. The molecule has 3 rings (SSSR count). The van der Waals surface area contributed by atoms with Crippen molar-refractivity contribution in [2.45, 2.75) is 18.3 Å². The number of alkyl halides is 3. The Hall–Kier alpha value is -2.36. The molecular formula is C14H13F4N3O3. The fraction of sp³-hybridized carbons (Fsp3) is 0.429. The molecule has 0 aliphatic carbocycles. The van der Waals surface area contributed by atoms with Gasteiger partial charge in [-0.25, -0.2) is 14.2 Å². The average Bonchev–Trinajstić information content (AvgIpc) is 3.11. The van der Waals surface area contributed by atoms with E-state index in [0.29, 0.717) is 0 Å². The Morgan fingerprint density at radius 1 is 1.50 bits per heavy atom. The van der Waals surface area contributed by atoms with E-state index in [9.17, 15) is 22.4 Å². The van der Waals surface area contributed by atoms with Crippen molar-refractivity contribution in [2.75, 3.05) is 20.3 Å². The Bertz CT molecular complexity index is 761. The monoisotopic (exact) mass is 347 g/mol. The molecule has 1 aliphatic rings. The predicted molar refractivity (Wildman–Crippen MR) is 73.7 cm³/mol. The van der Waals surface area contributed by atoms with E-state index in [1.54, 1.807) is 0 Å². The fourth-order valence-electron chi connectivity index (χ4n) is 2.68. The number of benzene rings is 1. The van der Waals surface area contributed by atoms with Gasteiger partial charge in [0.05, 0.1) is 19.2 Å². The van der Waals surface area contributed by atoms with Crippen LogP contribution in [0.15, 0.2) is 22.9 Å². The van der Waals surface area contributed by atoms with Crippen LogP contribution >= 0.6 is 0 Å². The summed E-state index contributed by atoms with van der Waals surface area (Å²) in [5.74, 6) is -0.715. The van der Waals surface area contributed by atoms with Crippen LogP contribution < -0.4 is 5.32 Å². The molecule has 0 unspecified atom stereocenters. The highest BCUT2D eigenvalue weighted by Gasteiger charge is 2.48. The van der Waals surface area contributed by atoms with Crippen LogP contribution in [0, 0.1) is 5.82 Å². The zero-order valence-corrected chi connectivity index (χ0v) is 12.4. The first kappa shape index (κ1) is 16.5. The number of carbonyl (C=O) groups is 1. The molecule has 10 heteroatoms. The molecule has 1 fully saturated rings. The maximum Gasteiger partial charge on any atom is 0.410 e. The highest BCUT2D eigenvalue weighted by Crippen LogP contribution is 2.32. The normalized spacial score (nSPS) is 19.8. The largest absolute Gasteiger partial charge is 0.440 e. The molecule has 1 aliphatic heterocycles. The number of halogens is 4. The van der Waals surface area contributed by atoms with E-state index in [1.165, 1.54) is 13.2 Å². The second kappa shape index (κ2) is 5.93. The third kappa shape index (κ3) is 2.88. The zero-order chi connectivity index (χ0) is 17.5. The Morgan fingerprint density at radius 3 is 2.88 bits per heavy atom. The molecule has 1 aromatic heterocycles. The zero-order valence-electron chi connectivity index (χ0n) is 12.4. The summed E-state index contributed by atoms with van der Waals surface area (Å²) in [6.07, 6.45) is -3.51. The Balaban J connectivity index is 1.95. The number of hydrogen-bond donors (Lipinski definition) is 1. The van der Waals surface area contributed by atoms with Crippen LogP contribution in [0.5, 0.6) is 0 Å².